The predicted molar refractivity (Wildman–Crippen MR) is 115 cm³/mol. The average Bonchev–Trinajstić information content (AvgIpc) is 3.04. The minimum Gasteiger partial charge on any atom is -0.372 e. The SMILES string of the molecule is CCN(CC)c1ccc(N2CC(C(=O)Nc3cccc(C)c3)CC2=O)c(C)c1. The van der Waals surface area contributed by atoms with Gasteiger partial charge < -0.3 is 15.1 Å². The lowest BCUT2D eigenvalue weighted by atomic mass is 10.1. The van der Waals surface area contributed by atoms with Crippen LogP contribution in [0.5, 0.6) is 0 Å². The van der Waals surface area contributed by atoms with E-state index in [4.69, 9.17) is 0 Å². The first-order chi connectivity index (χ1) is 13.4. The Balaban J connectivity index is 1.73. The summed E-state index contributed by atoms with van der Waals surface area (Å²) in [5, 5.41) is 2.95. The van der Waals surface area contributed by atoms with Crippen molar-refractivity contribution in [1.82, 2.24) is 0 Å². The van der Waals surface area contributed by atoms with E-state index < -0.39 is 0 Å². The van der Waals surface area contributed by atoms with Crippen LogP contribution in [0.1, 0.15) is 31.4 Å². The summed E-state index contributed by atoms with van der Waals surface area (Å²) in [7, 11) is 0. The molecule has 1 heterocycles. The molecule has 2 aromatic carbocycles. The van der Waals surface area contributed by atoms with E-state index in [-0.39, 0.29) is 24.2 Å². The molecule has 1 unspecified atom stereocenters. The molecule has 1 aliphatic heterocycles. The number of rotatable bonds is 6. The van der Waals surface area contributed by atoms with Gasteiger partial charge in [0.25, 0.3) is 0 Å². The number of carbonyl (C=O) groups is 2. The van der Waals surface area contributed by atoms with Crippen LogP contribution in [0.25, 0.3) is 0 Å². The maximum Gasteiger partial charge on any atom is 0.229 e. The van der Waals surface area contributed by atoms with Crippen LogP contribution in [0.2, 0.25) is 0 Å². The average molecular weight is 380 g/mol. The topological polar surface area (TPSA) is 52.6 Å². The van der Waals surface area contributed by atoms with Gasteiger partial charge in [0.2, 0.25) is 11.8 Å². The molecule has 1 saturated heterocycles. The number of benzene rings is 2. The summed E-state index contributed by atoms with van der Waals surface area (Å²) < 4.78 is 0. The fourth-order valence-electron chi connectivity index (χ4n) is 3.81. The normalized spacial score (nSPS) is 16.4. The van der Waals surface area contributed by atoms with Gasteiger partial charge in [0.05, 0.1) is 5.92 Å². The molecule has 5 nitrogen and oxygen atoms in total. The molecule has 0 radical (unpaired) electrons. The first-order valence-corrected chi connectivity index (χ1v) is 9.96. The van der Waals surface area contributed by atoms with Crippen molar-refractivity contribution >= 4 is 28.9 Å². The Morgan fingerprint density at radius 1 is 1.14 bits per heavy atom. The molecule has 1 aliphatic rings. The molecule has 3 rings (SSSR count). The smallest absolute Gasteiger partial charge is 0.229 e. The van der Waals surface area contributed by atoms with Crippen molar-refractivity contribution in [3.05, 3.63) is 53.6 Å². The number of carbonyl (C=O) groups excluding carboxylic acids is 2. The molecule has 0 aromatic heterocycles. The number of nitrogens with zero attached hydrogens (tertiary/aromatic N) is 2. The van der Waals surface area contributed by atoms with E-state index in [0.717, 1.165) is 41.3 Å². The summed E-state index contributed by atoms with van der Waals surface area (Å²) in [6, 6.07) is 13.9. The summed E-state index contributed by atoms with van der Waals surface area (Å²) in [6.45, 7) is 10.6. The van der Waals surface area contributed by atoms with Crippen molar-refractivity contribution in [1.29, 1.82) is 0 Å². The van der Waals surface area contributed by atoms with Crippen molar-refractivity contribution in [2.75, 3.05) is 34.8 Å². The van der Waals surface area contributed by atoms with Gasteiger partial charge in [-0.25, -0.2) is 0 Å². The molecule has 5 heteroatoms. The number of anilines is 3. The van der Waals surface area contributed by atoms with E-state index in [1.54, 1.807) is 4.90 Å². The minimum absolute atomic E-state index is 0.00285. The first kappa shape index (κ1) is 19.9. The van der Waals surface area contributed by atoms with Gasteiger partial charge in [0.15, 0.2) is 0 Å². The Kier molecular flexibility index (Phi) is 6.02. The molecule has 0 bridgehead atoms. The highest BCUT2D eigenvalue weighted by atomic mass is 16.2. The maximum atomic E-state index is 12.7. The highest BCUT2D eigenvalue weighted by Crippen LogP contribution is 2.31. The fourth-order valence-corrected chi connectivity index (χ4v) is 3.81. The molecule has 28 heavy (non-hydrogen) atoms. The second kappa shape index (κ2) is 8.46. The Labute approximate surface area is 167 Å². The number of hydrogen-bond donors (Lipinski definition) is 1. The first-order valence-electron chi connectivity index (χ1n) is 9.96. The Morgan fingerprint density at radius 3 is 2.54 bits per heavy atom. The van der Waals surface area contributed by atoms with Crippen molar-refractivity contribution in [3.63, 3.8) is 0 Å². The van der Waals surface area contributed by atoms with Crippen LogP contribution >= 0.6 is 0 Å². The van der Waals surface area contributed by atoms with E-state index in [9.17, 15) is 9.59 Å². The Morgan fingerprint density at radius 2 is 1.89 bits per heavy atom. The third-order valence-electron chi connectivity index (χ3n) is 5.38. The summed E-state index contributed by atoms with van der Waals surface area (Å²) in [5.41, 5.74) is 4.97. The zero-order chi connectivity index (χ0) is 20.3. The molecule has 0 aliphatic carbocycles. The van der Waals surface area contributed by atoms with Gasteiger partial charge in [-0.2, -0.15) is 0 Å². The maximum absolute atomic E-state index is 12.7. The standard InChI is InChI=1S/C23H29N3O2/c1-5-25(6-2)20-10-11-21(17(4)13-20)26-15-18(14-22(26)27)23(28)24-19-9-7-8-16(3)12-19/h7-13,18H,5-6,14-15H2,1-4H3,(H,24,28). The predicted octanol–water partition coefficient (Wildman–Crippen LogP) is 4.14. The molecule has 1 fully saturated rings. The molecule has 1 N–H and O–H groups in total. The molecule has 148 valence electrons. The van der Waals surface area contributed by atoms with E-state index in [0.29, 0.717) is 6.54 Å². The second-order valence-electron chi connectivity index (χ2n) is 7.41. The van der Waals surface area contributed by atoms with Crippen molar-refractivity contribution in [2.45, 2.75) is 34.1 Å². The highest BCUT2D eigenvalue weighted by molar-refractivity contribution is 6.04. The van der Waals surface area contributed by atoms with Gasteiger partial charge in [-0.05, 0) is 69.2 Å². The van der Waals surface area contributed by atoms with Crippen LogP contribution in [0, 0.1) is 19.8 Å². The Hall–Kier alpha value is -2.82. The molecule has 2 amide bonds. The molecular weight excluding hydrogens is 350 g/mol. The molecular formula is C23H29N3O2. The quantitative estimate of drug-likeness (QED) is 0.821. The summed E-state index contributed by atoms with van der Waals surface area (Å²) in [6.07, 6.45) is 0.245. The van der Waals surface area contributed by atoms with Gasteiger partial charge in [-0.1, -0.05) is 12.1 Å². The number of amides is 2. The van der Waals surface area contributed by atoms with Gasteiger partial charge in [0, 0.05) is 43.1 Å². The molecule has 0 saturated carbocycles. The van der Waals surface area contributed by atoms with Crippen molar-refractivity contribution in [2.24, 2.45) is 5.92 Å². The minimum atomic E-state index is -0.338. The Bertz CT molecular complexity index is 874. The van der Waals surface area contributed by atoms with Crippen molar-refractivity contribution < 1.29 is 9.59 Å². The van der Waals surface area contributed by atoms with Gasteiger partial charge in [-0.15, -0.1) is 0 Å². The lowest BCUT2D eigenvalue weighted by molar-refractivity contribution is -0.122. The third kappa shape index (κ3) is 4.19. The third-order valence-corrected chi connectivity index (χ3v) is 5.38. The largest absolute Gasteiger partial charge is 0.372 e. The van der Waals surface area contributed by atoms with E-state index >= 15 is 0 Å². The zero-order valence-corrected chi connectivity index (χ0v) is 17.2. The number of aryl methyl sites for hydroxylation is 2. The van der Waals surface area contributed by atoms with Crippen LogP contribution in [0.15, 0.2) is 42.5 Å². The second-order valence-corrected chi connectivity index (χ2v) is 7.41. The number of hydrogen-bond acceptors (Lipinski definition) is 3. The van der Waals surface area contributed by atoms with Crippen LogP contribution < -0.4 is 15.1 Å². The number of nitrogens with one attached hydrogen (secondary N) is 1. The molecule has 2 aromatic rings. The molecule has 0 spiro atoms. The van der Waals surface area contributed by atoms with Gasteiger partial charge in [-0.3, -0.25) is 9.59 Å². The molecule has 1 atom stereocenters. The zero-order valence-electron chi connectivity index (χ0n) is 17.2. The summed E-state index contributed by atoms with van der Waals surface area (Å²) >= 11 is 0. The van der Waals surface area contributed by atoms with Crippen LogP contribution in [-0.4, -0.2) is 31.4 Å². The van der Waals surface area contributed by atoms with E-state index in [1.807, 2.05) is 44.2 Å². The van der Waals surface area contributed by atoms with Gasteiger partial charge >= 0.3 is 0 Å². The van der Waals surface area contributed by atoms with Crippen molar-refractivity contribution in [3.8, 4) is 0 Å². The highest BCUT2D eigenvalue weighted by Gasteiger charge is 2.35. The monoisotopic (exact) mass is 379 g/mol. The van der Waals surface area contributed by atoms with Gasteiger partial charge in [0.1, 0.15) is 0 Å². The lowest BCUT2D eigenvalue weighted by Crippen LogP contribution is -2.29. The lowest BCUT2D eigenvalue weighted by Gasteiger charge is -2.24. The van der Waals surface area contributed by atoms with E-state index in [2.05, 4.69) is 36.2 Å². The van der Waals surface area contributed by atoms with Crippen LogP contribution in [-0.2, 0) is 9.59 Å². The summed E-state index contributed by atoms with van der Waals surface area (Å²) in [5.74, 6) is -0.434. The fraction of sp³-hybridized carbons (Fsp3) is 0.391. The van der Waals surface area contributed by atoms with E-state index in [1.165, 1.54) is 0 Å². The summed E-state index contributed by atoms with van der Waals surface area (Å²) in [4.78, 5) is 29.3. The van der Waals surface area contributed by atoms with Crippen LogP contribution in [0.3, 0.4) is 0 Å². The van der Waals surface area contributed by atoms with Crippen LogP contribution in [0.4, 0.5) is 17.1 Å².